The summed E-state index contributed by atoms with van der Waals surface area (Å²) in [6.07, 6.45) is 1.63. The first kappa shape index (κ1) is 13.9. The molecule has 0 bridgehead atoms. The molecule has 2 aromatic rings. The fourth-order valence-electron chi connectivity index (χ4n) is 1.87. The molecule has 2 rings (SSSR count). The highest BCUT2D eigenvalue weighted by atomic mass is 16.1. The van der Waals surface area contributed by atoms with Crippen LogP contribution in [0.4, 0.5) is 11.4 Å². The zero-order valence-electron chi connectivity index (χ0n) is 11.5. The summed E-state index contributed by atoms with van der Waals surface area (Å²) in [5.74, 6) is -0.227. The third-order valence-corrected chi connectivity index (χ3v) is 3.11. The summed E-state index contributed by atoms with van der Waals surface area (Å²) in [6, 6.07) is 8.15. The first-order chi connectivity index (χ1) is 9.51. The van der Waals surface area contributed by atoms with Gasteiger partial charge in [0.05, 0.1) is 5.69 Å². The van der Waals surface area contributed by atoms with Crippen molar-refractivity contribution in [1.29, 1.82) is 0 Å². The van der Waals surface area contributed by atoms with Crippen molar-refractivity contribution in [3.63, 3.8) is 0 Å². The Hall–Kier alpha value is -2.56. The highest BCUT2D eigenvalue weighted by molar-refractivity contribution is 6.04. The topological polar surface area (TPSA) is 77.1 Å². The summed E-state index contributed by atoms with van der Waals surface area (Å²) in [5, 5.41) is 2.77. The van der Waals surface area contributed by atoms with Crippen LogP contribution in [0.15, 0.2) is 41.3 Å². The van der Waals surface area contributed by atoms with Gasteiger partial charge in [-0.3, -0.25) is 9.59 Å². The predicted molar refractivity (Wildman–Crippen MR) is 79.9 cm³/mol. The number of benzene rings is 1. The number of rotatable bonds is 3. The molecule has 0 spiro atoms. The second-order valence-corrected chi connectivity index (χ2v) is 4.57. The van der Waals surface area contributed by atoms with Gasteiger partial charge in [0.2, 0.25) is 0 Å². The minimum absolute atomic E-state index is 0.0890. The molecule has 0 saturated heterocycles. The van der Waals surface area contributed by atoms with Gasteiger partial charge in [0.1, 0.15) is 0 Å². The van der Waals surface area contributed by atoms with E-state index in [1.807, 2.05) is 13.8 Å². The zero-order chi connectivity index (χ0) is 14.7. The van der Waals surface area contributed by atoms with Gasteiger partial charge in [0.15, 0.2) is 0 Å². The van der Waals surface area contributed by atoms with Crippen LogP contribution >= 0.6 is 0 Å². The number of nitrogen functional groups attached to an aromatic ring is 1. The van der Waals surface area contributed by atoms with Crippen molar-refractivity contribution in [3.05, 3.63) is 58.0 Å². The maximum Gasteiger partial charge on any atom is 0.255 e. The lowest BCUT2D eigenvalue weighted by molar-refractivity contribution is 0.102. The van der Waals surface area contributed by atoms with Crippen molar-refractivity contribution in [2.24, 2.45) is 0 Å². The predicted octanol–water partition coefficient (Wildman–Crippen LogP) is 2.01. The number of nitrogens with one attached hydrogen (secondary N) is 1. The van der Waals surface area contributed by atoms with E-state index in [4.69, 9.17) is 5.73 Å². The number of carbonyl (C=O) groups is 1. The van der Waals surface area contributed by atoms with Gasteiger partial charge in [-0.25, -0.2) is 0 Å². The molecule has 1 amide bonds. The Labute approximate surface area is 117 Å². The molecule has 5 nitrogen and oxygen atoms in total. The maximum atomic E-state index is 12.1. The van der Waals surface area contributed by atoms with Gasteiger partial charge >= 0.3 is 0 Å². The van der Waals surface area contributed by atoms with Crippen molar-refractivity contribution < 1.29 is 4.79 Å². The number of aromatic nitrogens is 1. The van der Waals surface area contributed by atoms with E-state index in [9.17, 15) is 9.59 Å². The Balaban J connectivity index is 2.23. The van der Waals surface area contributed by atoms with Gasteiger partial charge in [0, 0.05) is 30.1 Å². The van der Waals surface area contributed by atoms with E-state index in [1.54, 1.807) is 30.5 Å². The highest BCUT2D eigenvalue weighted by Crippen LogP contribution is 2.14. The molecule has 104 valence electrons. The summed E-state index contributed by atoms with van der Waals surface area (Å²) in [7, 11) is 0. The average Bonchev–Trinajstić information content (AvgIpc) is 2.43. The fraction of sp³-hybridized carbons (Fsp3) is 0.200. The summed E-state index contributed by atoms with van der Waals surface area (Å²) in [5.41, 5.74) is 8.27. The monoisotopic (exact) mass is 271 g/mol. The Morgan fingerprint density at radius 3 is 2.70 bits per heavy atom. The summed E-state index contributed by atoms with van der Waals surface area (Å²) in [4.78, 5) is 23.6. The van der Waals surface area contributed by atoms with Gasteiger partial charge < -0.3 is 15.6 Å². The van der Waals surface area contributed by atoms with Crippen LogP contribution < -0.4 is 16.6 Å². The first-order valence-electron chi connectivity index (χ1n) is 6.39. The molecule has 0 atom stereocenters. The van der Waals surface area contributed by atoms with Gasteiger partial charge in [0.25, 0.3) is 11.5 Å². The van der Waals surface area contributed by atoms with Crippen LogP contribution in [-0.2, 0) is 6.54 Å². The number of anilines is 2. The number of hydrogen-bond donors (Lipinski definition) is 2. The van der Waals surface area contributed by atoms with Crippen molar-refractivity contribution in [1.82, 2.24) is 4.57 Å². The van der Waals surface area contributed by atoms with Crippen LogP contribution in [0.5, 0.6) is 0 Å². The number of pyridine rings is 1. The molecule has 1 aromatic carbocycles. The summed E-state index contributed by atoms with van der Waals surface area (Å²) >= 11 is 0. The maximum absolute atomic E-state index is 12.1. The molecule has 20 heavy (non-hydrogen) atoms. The summed E-state index contributed by atoms with van der Waals surface area (Å²) < 4.78 is 1.53. The Morgan fingerprint density at radius 1 is 1.30 bits per heavy atom. The third-order valence-electron chi connectivity index (χ3n) is 3.11. The zero-order valence-corrected chi connectivity index (χ0v) is 11.5. The van der Waals surface area contributed by atoms with E-state index in [-0.39, 0.29) is 11.5 Å². The first-order valence-corrected chi connectivity index (χ1v) is 6.39. The van der Waals surface area contributed by atoms with Gasteiger partial charge in [-0.05, 0) is 43.7 Å². The lowest BCUT2D eigenvalue weighted by Gasteiger charge is -2.09. The SMILES string of the molecule is CCn1cc(NC(=O)c2ccc(N)c(C)c2)ccc1=O. The van der Waals surface area contributed by atoms with Gasteiger partial charge in [-0.2, -0.15) is 0 Å². The van der Waals surface area contributed by atoms with Crippen LogP contribution in [0.3, 0.4) is 0 Å². The minimum atomic E-state index is -0.227. The molecule has 0 radical (unpaired) electrons. The number of carbonyl (C=O) groups excluding carboxylic acids is 1. The van der Waals surface area contributed by atoms with E-state index in [0.717, 1.165) is 5.56 Å². The number of nitrogens with two attached hydrogens (primary N) is 1. The quantitative estimate of drug-likeness (QED) is 0.838. The molecular weight excluding hydrogens is 254 g/mol. The van der Waals surface area contributed by atoms with E-state index < -0.39 is 0 Å². The highest BCUT2D eigenvalue weighted by Gasteiger charge is 2.08. The Morgan fingerprint density at radius 2 is 2.05 bits per heavy atom. The second kappa shape index (κ2) is 5.61. The van der Waals surface area contributed by atoms with Gasteiger partial charge in [-0.1, -0.05) is 0 Å². The molecule has 1 aromatic heterocycles. The van der Waals surface area contributed by atoms with Crippen LogP contribution in [-0.4, -0.2) is 10.5 Å². The Kier molecular flexibility index (Phi) is 3.89. The number of hydrogen-bond acceptors (Lipinski definition) is 3. The molecule has 0 aliphatic carbocycles. The normalized spacial score (nSPS) is 10.3. The van der Waals surface area contributed by atoms with Crippen LogP contribution in [0.25, 0.3) is 0 Å². The molecule has 0 fully saturated rings. The fourth-order valence-corrected chi connectivity index (χ4v) is 1.87. The van der Waals surface area contributed by atoms with Crippen LogP contribution in [0, 0.1) is 6.92 Å². The molecule has 0 aliphatic rings. The van der Waals surface area contributed by atoms with Crippen molar-refractivity contribution in [3.8, 4) is 0 Å². The molecule has 3 N–H and O–H groups in total. The Bertz CT molecular complexity index is 705. The lowest BCUT2D eigenvalue weighted by atomic mass is 10.1. The minimum Gasteiger partial charge on any atom is -0.399 e. The lowest BCUT2D eigenvalue weighted by Crippen LogP contribution is -2.19. The molecular formula is C15H17N3O2. The van der Waals surface area contributed by atoms with Crippen molar-refractivity contribution in [2.75, 3.05) is 11.1 Å². The summed E-state index contributed by atoms with van der Waals surface area (Å²) in [6.45, 7) is 4.28. The van der Waals surface area contributed by atoms with E-state index in [1.165, 1.54) is 10.6 Å². The van der Waals surface area contributed by atoms with Crippen LogP contribution in [0.1, 0.15) is 22.8 Å². The molecule has 1 heterocycles. The van der Waals surface area contributed by atoms with Crippen molar-refractivity contribution >= 4 is 17.3 Å². The number of aryl methyl sites for hydroxylation is 2. The van der Waals surface area contributed by atoms with E-state index in [2.05, 4.69) is 5.32 Å². The van der Waals surface area contributed by atoms with E-state index >= 15 is 0 Å². The molecule has 0 unspecified atom stereocenters. The second-order valence-electron chi connectivity index (χ2n) is 4.57. The smallest absolute Gasteiger partial charge is 0.255 e. The third kappa shape index (κ3) is 2.88. The standard InChI is InChI=1S/C15H17N3O2/c1-3-18-9-12(5-7-14(18)19)17-15(20)11-4-6-13(16)10(2)8-11/h4-9H,3,16H2,1-2H3,(H,17,20). The van der Waals surface area contributed by atoms with E-state index in [0.29, 0.717) is 23.5 Å². The molecule has 5 heteroatoms. The molecule has 0 aliphatic heterocycles. The number of nitrogens with zero attached hydrogens (tertiary/aromatic N) is 1. The average molecular weight is 271 g/mol. The largest absolute Gasteiger partial charge is 0.399 e. The number of amides is 1. The van der Waals surface area contributed by atoms with Crippen molar-refractivity contribution in [2.45, 2.75) is 20.4 Å². The molecule has 0 saturated carbocycles. The van der Waals surface area contributed by atoms with Crippen LogP contribution in [0.2, 0.25) is 0 Å². The van der Waals surface area contributed by atoms with Gasteiger partial charge in [-0.15, -0.1) is 0 Å².